The molecule has 0 bridgehead atoms. The highest BCUT2D eigenvalue weighted by Gasteiger charge is 2.07. The van der Waals surface area contributed by atoms with Crippen LogP contribution in [-0.4, -0.2) is 18.8 Å². The van der Waals surface area contributed by atoms with Crippen molar-refractivity contribution in [1.82, 2.24) is 0 Å². The van der Waals surface area contributed by atoms with Gasteiger partial charge in [-0.05, 0) is 30.5 Å². The van der Waals surface area contributed by atoms with Crippen LogP contribution in [0.2, 0.25) is 0 Å². The second kappa shape index (κ2) is 5.73. The number of hydrogen-bond donors (Lipinski definition) is 1. The fourth-order valence-corrected chi connectivity index (χ4v) is 1.30. The maximum absolute atomic E-state index is 12.8. The molecule has 1 aromatic rings. The van der Waals surface area contributed by atoms with Crippen LogP contribution < -0.4 is 0 Å². The summed E-state index contributed by atoms with van der Waals surface area (Å²) >= 11 is 0. The predicted molar refractivity (Wildman–Crippen MR) is 52.5 cm³/mol. The minimum Gasteiger partial charge on any atom is -0.388 e. The van der Waals surface area contributed by atoms with Crippen molar-refractivity contribution < 1.29 is 14.2 Å². The van der Waals surface area contributed by atoms with Gasteiger partial charge in [-0.2, -0.15) is 0 Å². The van der Waals surface area contributed by atoms with Crippen LogP contribution >= 0.6 is 0 Å². The molecule has 3 heteroatoms. The van der Waals surface area contributed by atoms with Crippen LogP contribution in [-0.2, 0) is 4.74 Å². The van der Waals surface area contributed by atoms with Crippen molar-refractivity contribution in [2.45, 2.75) is 18.9 Å². The molecular weight excluding hydrogens is 183 g/mol. The SMILES string of the molecule is COCCCC(O)c1cccc(F)c1. The van der Waals surface area contributed by atoms with Crippen molar-refractivity contribution in [2.75, 3.05) is 13.7 Å². The van der Waals surface area contributed by atoms with Gasteiger partial charge in [-0.3, -0.25) is 0 Å². The van der Waals surface area contributed by atoms with Crippen LogP contribution in [0.15, 0.2) is 24.3 Å². The first-order valence-corrected chi connectivity index (χ1v) is 4.66. The smallest absolute Gasteiger partial charge is 0.123 e. The summed E-state index contributed by atoms with van der Waals surface area (Å²) in [5.41, 5.74) is 0.626. The van der Waals surface area contributed by atoms with Crippen molar-refractivity contribution in [3.63, 3.8) is 0 Å². The topological polar surface area (TPSA) is 29.5 Å². The van der Waals surface area contributed by atoms with Crippen LogP contribution in [0.5, 0.6) is 0 Å². The van der Waals surface area contributed by atoms with Gasteiger partial charge < -0.3 is 9.84 Å². The fraction of sp³-hybridized carbons (Fsp3) is 0.455. The number of rotatable bonds is 5. The number of aliphatic hydroxyl groups is 1. The van der Waals surface area contributed by atoms with Gasteiger partial charge in [0.1, 0.15) is 5.82 Å². The number of aliphatic hydroxyl groups excluding tert-OH is 1. The molecule has 1 N–H and O–H groups in total. The third kappa shape index (κ3) is 3.44. The Labute approximate surface area is 83.3 Å². The lowest BCUT2D eigenvalue weighted by molar-refractivity contribution is 0.136. The average molecular weight is 198 g/mol. The molecule has 0 fully saturated rings. The van der Waals surface area contributed by atoms with E-state index in [1.54, 1.807) is 19.2 Å². The molecule has 0 amide bonds. The second-order valence-electron chi connectivity index (χ2n) is 3.21. The Balaban J connectivity index is 2.47. The first-order valence-electron chi connectivity index (χ1n) is 4.66. The molecule has 0 aliphatic carbocycles. The minimum atomic E-state index is -0.596. The fourth-order valence-electron chi connectivity index (χ4n) is 1.30. The summed E-state index contributed by atoms with van der Waals surface area (Å²) in [6, 6.07) is 6.05. The van der Waals surface area contributed by atoms with Gasteiger partial charge >= 0.3 is 0 Å². The average Bonchev–Trinajstić information content (AvgIpc) is 2.18. The maximum Gasteiger partial charge on any atom is 0.123 e. The standard InChI is InChI=1S/C11H15FO2/c1-14-7-3-6-11(13)9-4-2-5-10(12)8-9/h2,4-5,8,11,13H,3,6-7H2,1H3. The molecule has 1 aromatic carbocycles. The Hall–Kier alpha value is -0.930. The molecule has 0 spiro atoms. The van der Waals surface area contributed by atoms with E-state index in [-0.39, 0.29) is 5.82 Å². The normalized spacial score (nSPS) is 12.8. The van der Waals surface area contributed by atoms with Crippen molar-refractivity contribution in [3.05, 3.63) is 35.6 Å². The molecule has 0 saturated heterocycles. The summed E-state index contributed by atoms with van der Waals surface area (Å²) in [7, 11) is 1.62. The Morgan fingerprint density at radius 2 is 2.29 bits per heavy atom. The zero-order valence-electron chi connectivity index (χ0n) is 8.24. The van der Waals surface area contributed by atoms with E-state index in [9.17, 15) is 9.50 Å². The quantitative estimate of drug-likeness (QED) is 0.735. The molecular formula is C11H15FO2. The first kappa shape index (κ1) is 11.1. The van der Waals surface area contributed by atoms with E-state index >= 15 is 0 Å². The Morgan fingerprint density at radius 3 is 2.93 bits per heavy atom. The summed E-state index contributed by atoms with van der Waals surface area (Å²) in [4.78, 5) is 0. The van der Waals surface area contributed by atoms with Gasteiger partial charge in [-0.15, -0.1) is 0 Å². The summed E-state index contributed by atoms with van der Waals surface area (Å²) in [5.74, 6) is -0.312. The van der Waals surface area contributed by atoms with Crippen molar-refractivity contribution in [3.8, 4) is 0 Å². The van der Waals surface area contributed by atoms with Crippen molar-refractivity contribution in [1.29, 1.82) is 0 Å². The summed E-state index contributed by atoms with van der Waals surface area (Å²) in [5, 5.41) is 9.65. The largest absolute Gasteiger partial charge is 0.388 e. The highest BCUT2D eigenvalue weighted by Crippen LogP contribution is 2.18. The molecule has 14 heavy (non-hydrogen) atoms. The highest BCUT2D eigenvalue weighted by atomic mass is 19.1. The Kier molecular flexibility index (Phi) is 4.56. The van der Waals surface area contributed by atoms with E-state index in [2.05, 4.69) is 0 Å². The van der Waals surface area contributed by atoms with Gasteiger partial charge in [0.25, 0.3) is 0 Å². The molecule has 0 heterocycles. The lowest BCUT2D eigenvalue weighted by atomic mass is 10.1. The zero-order valence-corrected chi connectivity index (χ0v) is 8.24. The third-order valence-electron chi connectivity index (χ3n) is 2.06. The van der Waals surface area contributed by atoms with Crippen LogP contribution in [0.1, 0.15) is 24.5 Å². The highest BCUT2D eigenvalue weighted by molar-refractivity contribution is 5.18. The Bertz CT molecular complexity index is 276. The van der Waals surface area contributed by atoms with Crippen LogP contribution in [0.4, 0.5) is 4.39 Å². The summed E-state index contributed by atoms with van der Waals surface area (Å²) in [6.07, 6.45) is 0.770. The number of hydrogen-bond acceptors (Lipinski definition) is 2. The van der Waals surface area contributed by atoms with E-state index in [4.69, 9.17) is 4.74 Å². The van der Waals surface area contributed by atoms with Crippen molar-refractivity contribution in [2.24, 2.45) is 0 Å². The molecule has 0 saturated carbocycles. The maximum atomic E-state index is 12.8. The number of halogens is 1. The van der Waals surface area contributed by atoms with Crippen LogP contribution in [0.3, 0.4) is 0 Å². The van der Waals surface area contributed by atoms with E-state index < -0.39 is 6.10 Å². The van der Waals surface area contributed by atoms with E-state index in [0.29, 0.717) is 18.6 Å². The minimum absolute atomic E-state index is 0.312. The van der Waals surface area contributed by atoms with Gasteiger partial charge in [0.15, 0.2) is 0 Å². The second-order valence-corrected chi connectivity index (χ2v) is 3.21. The Morgan fingerprint density at radius 1 is 1.50 bits per heavy atom. The zero-order chi connectivity index (χ0) is 10.4. The lowest BCUT2D eigenvalue weighted by Crippen LogP contribution is -2.00. The molecule has 2 nitrogen and oxygen atoms in total. The van der Waals surface area contributed by atoms with Gasteiger partial charge in [0.05, 0.1) is 6.10 Å². The lowest BCUT2D eigenvalue weighted by Gasteiger charge is -2.10. The van der Waals surface area contributed by atoms with Crippen LogP contribution in [0.25, 0.3) is 0 Å². The summed E-state index contributed by atoms with van der Waals surface area (Å²) < 4.78 is 17.6. The van der Waals surface area contributed by atoms with Gasteiger partial charge in [0.2, 0.25) is 0 Å². The predicted octanol–water partition coefficient (Wildman–Crippen LogP) is 2.29. The first-order chi connectivity index (χ1) is 6.74. The van der Waals surface area contributed by atoms with Crippen molar-refractivity contribution >= 4 is 0 Å². The van der Waals surface area contributed by atoms with Gasteiger partial charge in [0, 0.05) is 13.7 Å². The number of benzene rings is 1. The number of ether oxygens (including phenoxy) is 1. The molecule has 78 valence electrons. The monoisotopic (exact) mass is 198 g/mol. The van der Waals surface area contributed by atoms with E-state index in [0.717, 1.165) is 6.42 Å². The van der Waals surface area contributed by atoms with E-state index in [1.165, 1.54) is 12.1 Å². The van der Waals surface area contributed by atoms with Gasteiger partial charge in [-0.1, -0.05) is 12.1 Å². The molecule has 1 atom stereocenters. The molecule has 1 unspecified atom stereocenters. The van der Waals surface area contributed by atoms with E-state index in [1.807, 2.05) is 0 Å². The number of methoxy groups -OCH3 is 1. The molecule has 1 rings (SSSR count). The van der Waals surface area contributed by atoms with Gasteiger partial charge in [-0.25, -0.2) is 4.39 Å². The third-order valence-corrected chi connectivity index (χ3v) is 2.06. The molecule has 0 aliphatic rings. The molecule has 0 aromatic heterocycles. The summed E-state index contributed by atoms with van der Waals surface area (Å²) in [6.45, 7) is 0.617. The van der Waals surface area contributed by atoms with Crippen LogP contribution in [0, 0.1) is 5.82 Å². The molecule has 0 aliphatic heterocycles. The molecule has 0 radical (unpaired) electrons.